The van der Waals surface area contributed by atoms with Crippen LogP contribution in [0.25, 0.3) is 10.1 Å². The molecule has 2 aromatic rings. The molecule has 20 heavy (non-hydrogen) atoms. The number of rotatable bonds is 7. The third kappa shape index (κ3) is 3.22. The van der Waals surface area contributed by atoms with Crippen LogP contribution < -0.4 is 5.32 Å². The van der Waals surface area contributed by atoms with Crippen LogP contribution in [0, 0.1) is 12.8 Å². The maximum absolute atomic E-state index is 5.67. The fraction of sp³-hybridized carbons (Fsp3) is 0.529. The zero-order valence-corrected chi connectivity index (χ0v) is 13.1. The normalized spacial score (nSPS) is 16.7. The Hall–Kier alpha value is -0.900. The number of nitrogens with one attached hydrogen (secondary N) is 1. The van der Waals surface area contributed by atoms with E-state index in [1.165, 1.54) is 33.4 Å². The number of fused-ring (bicyclic) bond motifs is 1. The van der Waals surface area contributed by atoms with Crippen molar-refractivity contribution in [3.63, 3.8) is 0 Å². The summed E-state index contributed by atoms with van der Waals surface area (Å²) in [5.41, 5.74) is 1.42. The first kappa shape index (κ1) is 14.1. The van der Waals surface area contributed by atoms with Gasteiger partial charge in [-0.1, -0.05) is 18.2 Å². The van der Waals surface area contributed by atoms with E-state index in [1.54, 1.807) is 0 Å². The Balaban J connectivity index is 1.54. The zero-order chi connectivity index (χ0) is 13.9. The van der Waals surface area contributed by atoms with Gasteiger partial charge in [0.25, 0.3) is 0 Å². The van der Waals surface area contributed by atoms with Gasteiger partial charge in [0.2, 0.25) is 0 Å². The first-order valence-electron chi connectivity index (χ1n) is 7.55. The Kier molecular flexibility index (Phi) is 4.39. The lowest BCUT2D eigenvalue weighted by atomic mass is 10.1. The summed E-state index contributed by atoms with van der Waals surface area (Å²) < 4.78 is 7.06. The minimum absolute atomic E-state index is 0.400. The van der Waals surface area contributed by atoms with Crippen molar-refractivity contribution >= 4 is 21.4 Å². The van der Waals surface area contributed by atoms with Crippen LogP contribution in [0.15, 0.2) is 24.3 Å². The highest BCUT2D eigenvalue weighted by atomic mass is 32.1. The minimum atomic E-state index is 0.400. The van der Waals surface area contributed by atoms with Crippen molar-refractivity contribution < 1.29 is 4.74 Å². The highest BCUT2D eigenvalue weighted by molar-refractivity contribution is 7.19. The van der Waals surface area contributed by atoms with Crippen molar-refractivity contribution in [2.24, 2.45) is 5.92 Å². The van der Waals surface area contributed by atoms with E-state index in [2.05, 4.69) is 43.4 Å². The lowest BCUT2D eigenvalue weighted by Gasteiger charge is -2.13. The van der Waals surface area contributed by atoms with Crippen LogP contribution >= 0.6 is 11.3 Å². The maximum Gasteiger partial charge on any atom is 0.0591 e. The van der Waals surface area contributed by atoms with Gasteiger partial charge < -0.3 is 10.1 Å². The van der Waals surface area contributed by atoms with Gasteiger partial charge >= 0.3 is 0 Å². The van der Waals surface area contributed by atoms with Crippen molar-refractivity contribution in [1.29, 1.82) is 0 Å². The van der Waals surface area contributed by atoms with Crippen LogP contribution in [0.1, 0.15) is 36.2 Å². The summed E-state index contributed by atoms with van der Waals surface area (Å²) in [6.07, 6.45) is 2.73. The second kappa shape index (κ2) is 6.25. The van der Waals surface area contributed by atoms with Crippen molar-refractivity contribution in [1.82, 2.24) is 5.32 Å². The summed E-state index contributed by atoms with van der Waals surface area (Å²) in [5, 5.41) is 4.97. The molecular formula is C17H23NOS. The third-order valence-corrected chi connectivity index (χ3v) is 5.48. The van der Waals surface area contributed by atoms with Gasteiger partial charge in [0.1, 0.15) is 0 Å². The molecule has 108 valence electrons. The van der Waals surface area contributed by atoms with Gasteiger partial charge in [-0.2, -0.15) is 0 Å². The zero-order valence-electron chi connectivity index (χ0n) is 12.3. The number of thiophene rings is 1. The van der Waals surface area contributed by atoms with Gasteiger partial charge in [0.15, 0.2) is 0 Å². The summed E-state index contributed by atoms with van der Waals surface area (Å²) in [4.78, 5) is 1.45. The number of hydrogen-bond donors (Lipinski definition) is 1. The first-order chi connectivity index (χ1) is 9.75. The molecule has 1 unspecified atom stereocenters. The minimum Gasteiger partial charge on any atom is -0.380 e. The quantitative estimate of drug-likeness (QED) is 0.768. The predicted molar refractivity (Wildman–Crippen MR) is 86.5 cm³/mol. The van der Waals surface area contributed by atoms with Crippen molar-refractivity contribution in [2.45, 2.75) is 32.7 Å². The molecule has 1 heterocycles. The van der Waals surface area contributed by atoms with E-state index in [4.69, 9.17) is 4.74 Å². The summed E-state index contributed by atoms with van der Waals surface area (Å²) in [6, 6.07) is 9.07. The molecule has 0 bridgehead atoms. The Bertz CT molecular complexity index is 573. The lowest BCUT2D eigenvalue weighted by molar-refractivity contribution is 0.124. The van der Waals surface area contributed by atoms with Gasteiger partial charge in [-0.05, 0) is 49.6 Å². The van der Waals surface area contributed by atoms with Crippen LogP contribution in [0.4, 0.5) is 0 Å². The SMILES string of the molecule is Cc1c(C(C)NCCOCC2CC2)sc2ccccc12. The van der Waals surface area contributed by atoms with E-state index in [0.29, 0.717) is 6.04 Å². The van der Waals surface area contributed by atoms with Gasteiger partial charge in [-0.15, -0.1) is 11.3 Å². The topological polar surface area (TPSA) is 21.3 Å². The predicted octanol–water partition coefficient (Wildman–Crippen LogP) is 4.29. The molecule has 0 saturated heterocycles. The summed E-state index contributed by atoms with van der Waals surface area (Å²) >= 11 is 1.91. The highest BCUT2D eigenvalue weighted by Gasteiger charge is 2.21. The Labute approximate surface area is 125 Å². The molecule has 3 heteroatoms. The maximum atomic E-state index is 5.67. The van der Waals surface area contributed by atoms with E-state index in [1.807, 2.05) is 11.3 Å². The van der Waals surface area contributed by atoms with E-state index in [9.17, 15) is 0 Å². The van der Waals surface area contributed by atoms with Crippen LogP contribution in [0.3, 0.4) is 0 Å². The number of aryl methyl sites for hydroxylation is 1. The van der Waals surface area contributed by atoms with E-state index in [0.717, 1.165) is 25.7 Å². The lowest BCUT2D eigenvalue weighted by Crippen LogP contribution is -2.23. The average Bonchev–Trinajstić information content (AvgIpc) is 3.22. The molecular weight excluding hydrogens is 266 g/mol. The Morgan fingerprint density at radius 3 is 2.90 bits per heavy atom. The molecule has 1 aliphatic carbocycles. The first-order valence-corrected chi connectivity index (χ1v) is 8.36. The second-order valence-corrected chi connectivity index (χ2v) is 6.87. The molecule has 0 radical (unpaired) electrons. The van der Waals surface area contributed by atoms with Gasteiger partial charge in [0, 0.05) is 28.8 Å². The average molecular weight is 289 g/mol. The van der Waals surface area contributed by atoms with Crippen molar-refractivity contribution in [3.8, 4) is 0 Å². The van der Waals surface area contributed by atoms with Gasteiger partial charge in [0.05, 0.1) is 6.61 Å². The largest absolute Gasteiger partial charge is 0.380 e. The number of benzene rings is 1. The fourth-order valence-electron chi connectivity index (χ4n) is 2.58. The molecule has 1 saturated carbocycles. The molecule has 1 fully saturated rings. The molecule has 1 N–H and O–H groups in total. The van der Waals surface area contributed by atoms with E-state index < -0.39 is 0 Å². The van der Waals surface area contributed by atoms with Crippen LogP contribution in [-0.4, -0.2) is 19.8 Å². The van der Waals surface area contributed by atoms with Crippen molar-refractivity contribution in [2.75, 3.05) is 19.8 Å². The van der Waals surface area contributed by atoms with Crippen LogP contribution in [0.5, 0.6) is 0 Å². The van der Waals surface area contributed by atoms with Crippen LogP contribution in [0.2, 0.25) is 0 Å². The molecule has 1 aliphatic rings. The number of hydrogen-bond acceptors (Lipinski definition) is 3. The molecule has 3 rings (SSSR count). The highest BCUT2D eigenvalue weighted by Crippen LogP contribution is 2.34. The summed E-state index contributed by atoms with van der Waals surface area (Å²) in [6.45, 7) is 7.19. The Morgan fingerprint density at radius 1 is 1.35 bits per heavy atom. The third-order valence-electron chi connectivity index (χ3n) is 4.02. The fourth-order valence-corrected chi connectivity index (χ4v) is 3.82. The molecule has 1 aromatic heterocycles. The van der Waals surface area contributed by atoms with Gasteiger partial charge in [-0.25, -0.2) is 0 Å². The Morgan fingerprint density at radius 2 is 2.15 bits per heavy atom. The number of ether oxygens (including phenoxy) is 1. The molecule has 1 aromatic carbocycles. The summed E-state index contributed by atoms with van der Waals surface area (Å²) in [7, 11) is 0. The molecule has 0 spiro atoms. The standard InChI is InChI=1S/C17H23NOS/c1-12-15-5-3-4-6-16(15)20-17(12)13(2)18-9-10-19-11-14-7-8-14/h3-6,13-14,18H,7-11H2,1-2H3. The smallest absolute Gasteiger partial charge is 0.0591 e. The molecule has 0 amide bonds. The van der Waals surface area contributed by atoms with E-state index in [-0.39, 0.29) is 0 Å². The van der Waals surface area contributed by atoms with Crippen LogP contribution in [-0.2, 0) is 4.74 Å². The molecule has 0 aliphatic heterocycles. The monoisotopic (exact) mass is 289 g/mol. The summed E-state index contributed by atoms with van der Waals surface area (Å²) in [5.74, 6) is 0.859. The molecule has 2 nitrogen and oxygen atoms in total. The molecule has 1 atom stereocenters. The second-order valence-electron chi connectivity index (χ2n) is 5.78. The van der Waals surface area contributed by atoms with Gasteiger partial charge in [-0.3, -0.25) is 0 Å². The van der Waals surface area contributed by atoms with E-state index >= 15 is 0 Å². The van der Waals surface area contributed by atoms with Crippen molar-refractivity contribution in [3.05, 3.63) is 34.7 Å².